The van der Waals surface area contributed by atoms with E-state index in [1.54, 1.807) is 26.0 Å². The first-order valence-corrected chi connectivity index (χ1v) is 6.52. The van der Waals surface area contributed by atoms with E-state index >= 15 is 0 Å². The Hall–Kier alpha value is -2.71. The highest BCUT2D eigenvalue weighted by Gasteiger charge is 2.12. The molecule has 0 atom stereocenters. The molecule has 2 rings (SSSR count). The SMILES string of the molecule is Cc1cc(C(=O)Nc2ccccc2C#CCN)c(C)nn1. The van der Waals surface area contributed by atoms with Gasteiger partial charge in [0.15, 0.2) is 0 Å². The normalized spacial score (nSPS) is 9.67. The molecule has 1 heterocycles. The number of rotatable bonds is 2. The summed E-state index contributed by atoms with van der Waals surface area (Å²) in [5.74, 6) is 5.49. The zero-order valence-electron chi connectivity index (χ0n) is 12.0. The molecular weight excluding hydrogens is 264 g/mol. The zero-order valence-corrected chi connectivity index (χ0v) is 12.0. The summed E-state index contributed by atoms with van der Waals surface area (Å²) in [4.78, 5) is 12.4. The van der Waals surface area contributed by atoms with Gasteiger partial charge in [0, 0.05) is 5.56 Å². The lowest BCUT2D eigenvalue weighted by Gasteiger charge is -2.09. The number of aromatic nitrogens is 2. The molecule has 0 radical (unpaired) electrons. The minimum atomic E-state index is -0.229. The molecule has 0 aliphatic rings. The molecule has 2 aromatic rings. The number of aryl methyl sites for hydroxylation is 2. The smallest absolute Gasteiger partial charge is 0.257 e. The van der Waals surface area contributed by atoms with E-state index in [-0.39, 0.29) is 12.5 Å². The van der Waals surface area contributed by atoms with Crippen LogP contribution in [0.2, 0.25) is 0 Å². The minimum Gasteiger partial charge on any atom is -0.321 e. The summed E-state index contributed by atoms with van der Waals surface area (Å²) >= 11 is 0. The highest BCUT2D eigenvalue weighted by atomic mass is 16.1. The number of nitrogens with zero attached hydrogens (tertiary/aromatic N) is 2. The van der Waals surface area contributed by atoms with Crippen LogP contribution in [0.25, 0.3) is 0 Å². The zero-order chi connectivity index (χ0) is 15.2. The first-order chi connectivity index (χ1) is 10.1. The largest absolute Gasteiger partial charge is 0.321 e. The maximum Gasteiger partial charge on any atom is 0.257 e. The lowest BCUT2D eigenvalue weighted by Crippen LogP contribution is -2.15. The molecule has 0 saturated carbocycles. The second-order valence-electron chi connectivity index (χ2n) is 4.49. The van der Waals surface area contributed by atoms with Crippen molar-refractivity contribution in [3.8, 4) is 11.8 Å². The number of para-hydroxylation sites is 1. The van der Waals surface area contributed by atoms with Crippen molar-refractivity contribution >= 4 is 11.6 Å². The van der Waals surface area contributed by atoms with Crippen molar-refractivity contribution < 1.29 is 4.79 Å². The van der Waals surface area contributed by atoms with Gasteiger partial charge in [0.05, 0.1) is 29.2 Å². The summed E-state index contributed by atoms with van der Waals surface area (Å²) in [6.07, 6.45) is 0. The summed E-state index contributed by atoms with van der Waals surface area (Å²) in [6.45, 7) is 3.82. The quantitative estimate of drug-likeness (QED) is 0.820. The van der Waals surface area contributed by atoms with Crippen molar-refractivity contribution in [1.29, 1.82) is 0 Å². The Bertz CT molecular complexity index is 729. The van der Waals surface area contributed by atoms with Gasteiger partial charge < -0.3 is 11.1 Å². The van der Waals surface area contributed by atoms with Gasteiger partial charge in [-0.05, 0) is 32.0 Å². The summed E-state index contributed by atoms with van der Waals surface area (Å²) in [5, 5.41) is 10.7. The number of carbonyl (C=O) groups excluding carboxylic acids is 1. The van der Waals surface area contributed by atoms with Gasteiger partial charge in [-0.1, -0.05) is 24.0 Å². The monoisotopic (exact) mass is 280 g/mol. The van der Waals surface area contributed by atoms with Crippen LogP contribution in [-0.2, 0) is 0 Å². The summed E-state index contributed by atoms with van der Waals surface area (Å²) in [7, 11) is 0. The Labute approximate surface area is 123 Å². The Morgan fingerprint density at radius 1 is 1.29 bits per heavy atom. The highest BCUT2D eigenvalue weighted by Crippen LogP contribution is 2.16. The van der Waals surface area contributed by atoms with Crippen LogP contribution in [0.15, 0.2) is 30.3 Å². The maximum atomic E-state index is 12.4. The van der Waals surface area contributed by atoms with E-state index in [1.165, 1.54) is 0 Å². The molecule has 0 unspecified atom stereocenters. The molecule has 0 spiro atoms. The van der Waals surface area contributed by atoms with E-state index in [9.17, 15) is 4.79 Å². The standard InChI is InChI=1S/C16H16N4O/c1-11-10-14(12(2)20-19-11)16(21)18-15-8-4-3-6-13(15)7-5-9-17/h3-4,6,8,10H,9,17H2,1-2H3,(H,18,21). The molecule has 0 fully saturated rings. The molecule has 0 aliphatic carbocycles. The van der Waals surface area contributed by atoms with Crippen LogP contribution >= 0.6 is 0 Å². The molecular formula is C16H16N4O. The molecule has 0 aliphatic heterocycles. The summed E-state index contributed by atoms with van der Waals surface area (Å²) in [6, 6.07) is 9.05. The third-order valence-corrected chi connectivity index (χ3v) is 2.85. The molecule has 3 N–H and O–H groups in total. The molecule has 106 valence electrons. The summed E-state index contributed by atoms with van der Waals surface area (Å²) in [5.41, 5.74) is 8.55. The molecule has 5 nitrogen and oxygen atoms in total. The lowest BCUT2D eigenvalue weighted by atomic mass is 10.1. The van der Waals surface area contributed by atoms with Gasteiger partial charge in [-0.15, -0.1) is 0 Å². The lowest BCUT2D eigenvalue weighted by molar-refractivity contribution is 0.102. The molecule has 0 bridgehead atoms. The van der Waals surface area contributed by atoms with E-state index in [4.69, 9.17) is 5.73 Å². The van der Waals surface area contributed by atoms with Crippen molar-refractivity contribution in [3.05, 3.63) is 52.8 Å². The van der Waals surface area contributed by atoms with E-state index in [1.807, 2.05) is 18.2 Å². The number of benzene rings is 1. The average Bonchev–Trinajstić information content (AvgIpc) is 2.48. The number of hydrogen-bond donors (Lipinski definition) is 2. The van der Waals surface area contributed by atoms with Gasteiger partial charge in [0.2, 0.25) is 0 Å². The van der Waals surface area contributed by atoms with Gasteiger partial charge in [-0.2, -0.15) is 10.2 Å². The Balaban J connectivity index is 2.30. The molecule has 1 aromatic carbocycles. The number of nitrogens with two attached hydrogens (primary N) is 1. The van der Waals surface area contributed by atoms with Crippen LogP contribution in [0, 0.1) is 25.7 Å². The van der Waals surface area contributed by atoms with Crippen LogP contribution in [-0.4, -0.2) is 22.6 Å². The fraction of sp³-hybridized carbons (Fsp3) is 0.188. The molecule has 1 amide bonds. The third-order valence-electron chi connectivity index (χ3n) is 2.85. The van der Waals surface area contributed by atoms with E-state index in [0.717, 1.165) is 5.56 Å². The molecule has 5 heteroatoms. The maximum absolute atomic E-state index is 12.4. The first-order valence-electron chi connectivity index (χ1n) is 6.52. The van der Waals surface area contributed by atoms with E-state index in [0.29, 0.717) is 22.6 Å². The minimum absolute atomic E-state index is 0.229. The Morgan fingerprint density at radius 3 is 2.81 bits per heavy atom. The van der Waals surface area contributed by atoms with Gasteiger partial charge in [-0.3, -0.25) is 4.79 Å². The van der Waals surface area contributed by atoms with Crippen molar-refractivity contribution in [3.63, 3.8) is 0 Å². The predicted octanol–water partition coefficient (Wildman–Crippen LogP) is 1.66. The predicted molar refractivity (Wildman–Crippen MR) is 81.8 cm³/mol. The fourth-order valence-corrected chi connectivity index (χ4v) is 1.82. The number of nitrogens with one attached hydrogen (secondary N) is 1. The average molecular weight is 280 g/mol. The van der Waals surface area contributed by atoms with Crippen molar-refractivity contribution in [2.24, 2.45) is 5.73 Å². The fourth-order valence-electron chi connectivity index (χ4n) is 1.82. The topological polar surface area (TPSA) is 80.9 Å². The molecule has 1 aromatic heterocycles. The van der Waals surface area contributed by atoms with Gasteiger partial charge in [0.25, 0.3) is 5.91 Å². The van der Waals surface area contributed by atoms with Gasteiger partial charge in [0.1, 0.15) is 0 Å². The van der Waals surface area contributed by atoms with Crippen molar-refractivity contribution in [1.82, 2.24) is 10.2 Å². The number of anilines is 1. The second-order valence-corrected chi connectivity index (χ2v) is 4.49. The Kier molecular flexibility index (Phi) is 4.64. The van der Waals surface area contributed by atoms with Crippen LogP contribution in [0.3, 0.4) is 0 Å². The van der Waals surface area contributed by atoms with Crippen molar-refractivity contribution in [2.45, 2.75) is 13.8 Å². The van der Waals surface area contributed by atoms with Crippen LogP contribution in [0.4, 0.5) is 5.69 Å². The first kappa shape index (κ1) is 14.7. The highest BCUT2D eigenvalue weighted by molar-refractivity contribution is 6.05. The van der Waals surface area contributed by atoms with E-state index in [2.05, 4.69) is 27.4 Å². The third kappa shape index (κ3) is 3.65. The second kappa shape index (κ2) is 6.64. The van der Waals surface area contributed by atoms with Gasteiger partial charge >= 0.3 is 0 Å². The summed E-state index contributed by atoms with van der Waals surface area (Å²) < 4.78 is 0. The van der Waals surface area contributed by atoms with Crippen LogP contribution in [0.5, 0.6) is 0 Å². The van der Waals surface area contributed by atoms with Crippen LogP contribution < -0.4 is 11.1 Å². The molecule has 21 heavy (non-hydrogen) atoms. The van der Waals surface area contributed by atoms with E-state index < -0.39 is 0 Å². The number of carbonyl (C=O) groups is 1. The van der Waals surface area contributed by atoms with Gasteiger partial charge in [-0.25, -0.2) is 0 Å². The van der Waals surface area contributed by atoms with Crippen LogP contribution in [0.1, 0.15) is 27.3 Å². The number of amides is 1. The number of hydrogen-bond acceptors (Lipinski definition) is 4. The Morgan fingerprint density at radius 2 is 2.05 bits per heavy atom. The molecule has 0 saturated heterocycles. The van der Waals surface area contributed by atoms with Crippen molar-refractivity contribution in [2.75, 3.05) is 11.9 Å².